The van der Waals surface area contributed by atoms with E-state index in [9.17, 15) is 9.59 Å². The lowest BCUT2D eigenvalue weighted by Gasteiger charge is -2.35. The Morgan fingerprint density at radius 3 is 2.80 bits per heavy atom. The van der Waals surface area contributed by atoms with Gasteiger partial charge in [-0.05, 0) is 37.8 Å². The fourth-order valence-corrected chi connectivity index (χ4v) is 3.63. The van der Waals surface area contributed by atoms with Gasteiger partial charge in [-0.15, -0.1) is 0 Å². The largest absolute Gasteiger partial charge is 0.454 e. The number of hydrogen-bond acceptors (Lipinski definition) is 4. The minimum Gasteiger partial charge on any atom is -0.454 e. The second-order valence-electron chi connectivity index (χ2n) is 6.60. The van der Waals surface area contributed by atoms with Crippen LogP contribution in [0.2, 0.25) is 0 Å². The van der Waals surface area contributed by atoms with Crippen LogP contribution in [-0.4, -0.2) is 42.6 Å². The van der Waals surface area contributed by atoms with Gasteiger partial charge in [0, 0.05) is 44.2 Å². The first kappa shape index (κ1) is 17.6. The quantitative estimate of drug-likeness (QED) is 0.822. The zero-order valence-electron chi connectivity index (χ0n) is 15.0. The van der Waals surface area contributed by atoms with Gasteiger partial charge >= 0.3 is 0 Å². The van der Waals surface area contributed by atoms with E-state index in [-0.39, 0.29) is 18.6 Å². The number of likely N-dealkylation sites (tertiary alicyclic amines) is 1. The molecule has 0 N–H and O–H groups in total. The molecule has 2 aliphatic rings. The van der Waals surface area contributed by atoms with E-state index in [1.165, 1.54) is 13.3 Å². The summed E-state index contributed by atoms with van der Waals surface area (Å²) in [4.78, 5) is 28.4. The number of nitrogens with zero attached hydrogens (tertiary/aromatic N) is 2. The van der Waals surface area contributed by atoms with E-state index in [0.29, 0.717) is 30.5 Å². The lowest BCUT2D eigenvalue weighted by Crippen LogP contribution is -2.44. The number of anilines is 1. The maximum absolute atomic E-state index is 12.7. The van der Waals surface area contributed by atoms with Gasteiger partial charge in [-0.3, -0.25) is 9.59 Å². The molecule has 3 rings (SSSR count). The molecular weight excluding hydrogens is 320 g/mol. The number of hydrogen-bond donors (Lipinski definition) is 0. The number of rotatable bonds is 5. The van der Waals surface area contributed by atoms with Crippen LogP contribution in [-0.2, 0) is 9.59 Å². The Balaban J connectivity index is 1.66. The molecule has 0 aromatic heterocycles. The van der Waals surface area contributed by atoms with Crippen LogP contribution in [0.4, 0.5) is 5.69 Å². The maximum atomic E-state index is 12.7. The molecule has 1 unspecified atom stereocenters. The van der Waals surface area contributed by atoms with Crippen LogP contribution in [0.15, 0.2) is 18.2 Å². The summed E-state index contributed by atoms with van der Waals surface area (Å²) >= 11 is 0. The van der Waals surface area contributed by atoms with Gasteiger partial charge < -0.3 is 19.3 Å². The molecule has 0 aliphatic carbocycles. The monoisotopic (exact) mass is 346 g/mol. The molecule has 0 bridgehead atoms. The summed E-state index contributed by atoms with van der Waals surface area (Å²) in [6.07, 6.45) is 4.68. The van der Waals surface area contributed by atoms with Crippen molar-refractivity contribution in [1.82, 2.24) is 4.90 Å². The smallest absolute Gasteiger partial charge is 0.231 e. The normalized spacial score (nSPS) is 19.0. The van der Waals surface area contributed by atoms with Crippen LogP contribution in [0.5, 0.6) is 11.5 Å². The van der Waals surface area contributed by atoms with Crippen LogP contribution in [0.3, 0.4) is 0 Å². The predicted molar refractivity (Wildman–Crippen MR) is 94.9 cm³/mol. The molecule has 1 aromatic carbocycles. The number of benzene rings is 1. The first-order valence-corrected chi connectivity index (χ1v) is 9.07. The van der Waals surface area contributed by atoms with E-state index in [1.54, 1.807) is 17.0 Å². The Morgan fingerprint density at radius 2 is 2.04 bits per heavy atom. The zero-order chi connectivity index (χ0) is 17.8. The molecule has 1 atom stereocenters. The zero-order valence-corrected chi connectivity index (χ0v) is 15.0. The third kappa shape index (κ3) is 3.89. The highest BCUT2D eigenvalue weighted by molar-refractivity contribution is 5.92. The van der Waals surface area contributed by atoms with Gasteiger partial charge in [0.25, 0.3) is 0 Å². The molecule has 1 aromatic rings. The molecule has 136 valence electrons. The topological polar surface area (TPSA) is 59.1 Å². The first-order valence-electron chi connectivity index (χ1n) is 9.07. The summed E-state index contributed by atoms with van der Waals surface area (Å²) in [5, 5.41) is 0. The van der Waals surface area contributed by atoms with Crippen LogP contribution in [0.1, 0.15) is 46.0 Å². The van der Waals surface area contributed by atoms with Crippen molar-refractivity contribution in [2.45, 2.75) is 52.0 Å². The molecule has 6 nitrogen and oxygen atoms in total. The van der Waals surface area contributed by atoms with Crippen molar-refractivity contribution < 1.29 is 19.1 Å². The number of carbonyl (C=O) groups excluding carboxylic acids is 2. The Hall–Kier alpha value is -2.24. The van der Waals surface area contributed by atoms with Gasteiger partial charge in [-0.1, -0.05) is 6.92 Å². The molecule has 2 heterocycles. The van der Waals surface area contributed by atoms with Crippen molar-refractivity contribution in [2.75, 3.05) is 24.8 Å². The summed E-state index contributed by atoms with van der Waals surface area (Å²) in [5.41, 5.74) is 0.732. The Morgan fingerprint density at radius 1 is 1.24 bits per heavy atom. The van der Waals surface area contributed by atoms with Crippen molar-refractivity contribution >= 4 is 17.5 Å². The molecule has 25 heavy (non-hydrogen) atoms. The van der Waals surface area contributed by atoms with Crippen molar-refractivity contribution in [3.05, 3.63) is 18.2 Å². The second-order valence-corrected chi connectivity index (χ2v) is 6.60. The Labute approximate surface area is 148 Å². The van der Waals surface area contributed by atoms with E-state index in [4.69, 9.17) is 9.47 Å². The van der Waals surface area contributed by atoms with Crippen LogP contribution < -0.4 is 14.4 Å². The van der Waals surface area contributed by atoms with Gasteiger partial charge in [0.15, 0.2) is 11.5 Å². The molecule has 6 heteroatoms. The fourth-order valence-electron chi connectivity index (χ4n) is 3.63. The predicted octanol–water partition coefficient (Wildman–Crippen LogP) is 2.95. The van der Waals surface area contributed by atoms with Gasteiger partial charge in [0.1, 0.15) is 0 Å². The van der Waals surface area contributed by atoms with Gasteiger partial charge in [-0.25, -0.2) is 0 Å². The second kappa shape index (κ2) is 7.76. The number of piperidine rings is 1. The summed E-state index contributed by atoms with van der Waals surface area (Å²) < 4.78 is 10.7. The number of carbonyl (C=O) groups is 2. The number of ether oxygens (including phenoxy) is 2. The van der Waals surface area contributed by atoms with Gasteiger partial charge in [0.05, 0.1) is 0 Å². The van der Waals surface area contributed by atoms with Crippen molar-refractivity contribution in [1.29, 1.82) is 0 Å². The van der Waals surface area contributed by atoms with E-state index >= 15 is 0 Å². The van der Waals surface area contributed by atoms with E-state index in [0.717, 1.165) is 31.5 Å². The van der Waals surface area contributed by atoms with Crippen LogP contribution >= 0.6 is 0 Å². The highest BCUT2D eigenvalue weighted by Crippen LogP contribution is 2.35. The molecule has 0 radical (unpaired) electrons. The third-order valence-electron chi connectivity index (χ3n) is 5.02. The first-order chi connectivity index (χ1) is 12.1. The number of fused-ring (bicyclic) bond motifs is 1. The Bertz CT molecular complexity index is 646. The lowest BCUT2D eigenvalue weighted by atomic mass is 9.99. The summed E-state index contributed by atoms with van der Waals surface area (Å²) in [6, 6.07) is 5.77. The van der Waals surface area contributed by atoms with Gasteiger partial charge in [-0.2, -0.15) is 0 Å². The minimum absolute atomic E-state index is 0.0858. The summed E-state index contributed by atoms with van der Waals surface area (Å²) in [6.45, 7) is 5.06. The van der Waals surface area contributed by atoms with Crippen molar-refractivity contribution in [2.24, 2.45) is 0 Å². The van der Waals surface area contributed by atoms with E-state index in [2.05, 4.69) is 6.92 Å². The summed E-state index contributed by atoms with van der Waals surface area (Å²) in [7, 11) is 0. The molecule has 0 saturated carbocycles. The minimum atomic E-state index is -0.0858. The summed E-state index contributed by atoms with van der Waals surface area (Å²) in [5.74, 6) is 1.37. The van der Waals surface area contributed by atoms with Gasteiger partial charge in [0.2, 0.25) is 18.6 Å². The van der Waals surface area contributed by atoms with Crippen molar-refractivity contribution in [3.63, 3.8) is 0 Å². The maximum Gasteiger partial charge on any atom is 0.231 e. The third-order valence-corrected chi connectivity index (χ3v) is 5.02. The molecule has 1 fully saturated rings. The average Bonchev–Trinajstić information content (AvgIpc) is 3.09. The van der Waals surface area contributed by atoms with E-state index in [1.807, 2.05) is 11.0 Å². The number of amides is 2. The lowest BCUT2D eigenvalue weighted by molar-refractivity contribution is -0.134. The molecule has 2 aliphatic heterocycles. The van der Waals surface area contributed by atoms with Crippen molar-refractivity contribution in [3.8, 4) is 11.5 Å². The van der Waals surface area contributed by atoms with Crippen LogP contribution in [0, 0.1) is 0 Å². The van der Waals surface area contributed by atoms with E-state index < -0.39 is 0 Å². The molecule has 0 spiro atoms. The average molecular weight is 346 g/mol. The highest BCUT2D eigenvalue weighted by atomic mass is 16.7. The standard InChI is InChI=1S/C19H26N2O4/c1-3-15-6-4-5-10-21(15)19(23)9-11-20(14(2)22)16-7-8-17-18(12-16)25-13-24-17/h7-8,12,15H,3-6,9-11,13H2,1-2H3. The Kier molecular flexibility index (Phi) is 5.46. The van der Waals surface area contributed by atoms with Crippen LogP contribution in [0.25, 0.3) is 0 Å². The fraction of sp³-hybridized carbons (Fsp3) is 0.579. The SMILES string of the molecule is CCC1CCCCN1C(=O)CCN(C(C)=O)c1ccc2c(c1)OCO2. The highest BCUT2D eigenvalue weighted by Gasteiger charge is 2.26. The molecule has 2 amide bonds. The molecule has 1 saturated heterocycles. The molecular formula is C19H26N2O4.